The van der Waals surface area contributed by atoms with E-state index >= 15 is 0 Å². The molecular formula is C20H27N3O4. The maximum Gasteiger partial charge on any atom is 0.339 e. The first-order chi connectivity index (χ1) is 12.8. The summed E-state index contributed by atoms with van der Waals surface area (Å²) in [6.07, 6.45) is 7.01. The van der Waals surface area contributed by atoms with E-state index < -0.39 is 11.6 Å². The number of carboxylic acids is 1. The van der Waals surface area contributed by atoms with E-state index in [1.165, 1.54) is 0 Å². The Morgan fingerprint density at radius 2 is 2.22 bits per heavy atom. The van der Waals surface area contributed by atoms with Crippen molar-refractivity contribution in [3.8, 4) is 0 Å². The van der Waals surface area contributed by atoms with Crippen molar-refractivity contribution in [2.45, 2.75) is 58.1 Å². The highest BCUT2D eigenvalue weighted by Crippen LogP contribution is 2.42. The van der Waals surface area contributed by atoms with Crippen LogP contribution in [0.25, 0.3) is 0 Å². The molecule has 3 N–H and O–H groups in total. The first-order valence-electron chi connectivity index (χ1n) is 9.42. The number of likely N-dealkylation sites (tertiary alicyclic amines) is 1. The van der Waals surface area contributed by atoms with E-state index in [1.54, 1.807) is 13.8 Å². The summed E-state index contributed by atoms with van der Waals surface area (Å²) in [6, 6.07) is 0.0308. The van der Waals surface area contributed by atoms with Crippen LogP contribution >= 0.6 is 0 Å². The van der Waals surface area contributed by atoms with Crippen LogP contribution in [-0.4, -0.2) is 46.1 Å². The number of anilines is 1. The third kappa shape index (κ3) is 3.32. The molecule has 2 unspecified atom stereocenters. The molecule has 2 aliphatic rings. The van der Waals surface area contributed by atoms with Gasteiger partial charge in [-0.05, 0) is 26.2 Å². The predicted octanol–water partition coefficient (Wildman–Crippen LogP) is 2.42. The van der Waals surface area contributed by atoms with Gasteiger partial charge in [-0.1, -0.05) is 19.1 Å². The zero-order valence-electron chi connectivity index (χ0n) is 16.1. The van der Waals surface area contributed by atoms with E-state index in [0.29, 0.717) is 30.7 Å². The Bertz CT molecular complexity index is 805. The van der Waals surface area contributed by atoms with Crippen molar-refractivity contribution < 1.29 is 19.4 Å². The minimum atomic E-state index is -1.08. The fourth-order valence-electron chi connectivity index (χ4n) is 4.31. The van der Waals surface area contributed by atoms with Crippen molar-refractivity contribution in [2.75, 3.05) is 18.9 Å². The van der Waals surface area contributed by atoms with Crippen LogP contribution in [0.1, 0.15) is 60.4 Å². The molecule has 1 fully saturated rings. The Balaban J connectivity index is 1.98. The maximum absolute atomic E-state index is 11.8. The molecule has 27 heavy (non-hydrogen) atoms. The third-order valence-corrected chi connectivity index (χ3v) is 5.67. The van der Waals surface area contributed by atoms with Crippen molar-refractivity contribution in [3.05, 3.63) is 34.7 Å². The van der Waals surface area contributed by atoms with Gasteiger partial charge in [0, 0.05) is 25.5 Å². The number of nitrogen functional groups attached to an aromatic ring is 1. The second-order valence-corrected chi connectivity index (χ2v) is 7.28. The lowest BCUT2D eigenvalue weighted by Gasteiger charge is -2.37. The van der Waals surface area contributed by atoms with Crippen molar-refractivity contribution in [3.63, 3.8) is 0 Å². The summed E-state index contributed by atoms with van der Waals surface area (Å²) >= 11 is 0. The molecule has 7 nitrogen and oxygen atoms in total. The van der Waals surface area contributed by atoms with Gasteiger partial charge in [0.1, 0.15) is 11.2 Å². The average molecular weight is 373 g/mol. The molecule has 3 rings (SSSR count). The lowest BCUT2D eigenvalue weighted by atomic mass is 9.82. The Morgan fingerprint density at radius 1 is 1.48 bits per heavy atom. The van der Waals surface area contributed by atoms with Gasteiger partial charge in [0.05, 0.1) is 29.7 Å². The molecule has 1 aromatic heterocycles. The Kier molecular flexibility index (Phi) is 5.24. The van der Waals surface area contributed by atoms with E-state index in [1.807, 2.05) is 24.0 Å². The number of rotatable bonds is 5. The molecule has 1 saturated heterocycles. The number of hydrogen-bond acceptors (Lipinski definition) is 5. The number of aromatic carboxylic acids is 1. The van der Waals surface area contributed by atoms with Gasteiger partial charge in [-0.15, -0.1) is 0 Å². The standard InChI is InChI=1S/C20H27N3O4/c1-4-20(27-11-14-7-6-10-23(14)13(3)24)9-5-8-15-17(20)18(21)16(19(25)26)12(2)22-15/h5,9,14H,4,6-8,10-11H2,1-3H3,(H2,21,22)(H,25,26). The first kappa shape index (κ1) is 19.4. The van der Waals surface area contributed by atoms with Crippen LogP contribution in [0.4, 0.5) is 5.69 Å². The number of nitrogens with two attached hydrogens (primary N) is 1. The Morgan fingerprint density at radius 3 is 2.85 bits per heavy atom. The molecule has 146 valence electrons. The van der Waals surface area contributed by atoms with E-state index in [4.69, 9.17) is 10.5 Å². The number of carbonyl (C=O) groups excluding carboxylic acids is 1. The van der Waals surface area contributed by atoms with Crippen LogP contribution in [0.15, 0.2) is 12.2 Å². The number of fused-ring (bicyclic) bond motifs is 1. The predicted molar refractivity (Wildman–Crippen MR) is 102 cm³/mol. The highest BCUT2D eigenvalue weighted by molar-refractivity contribution is 5.96. The van der Waals surface area contributed by atoms with Gasteiger partial charge in [0.25, 0.3) is 0 Å². The van der Waals surface area contributed by atoms with Gasteiger partial charge in [-0.25, -0.2) is 4.79 Å². The molecule has 1 aliphatic carbocycles. The molecule has 0 aromatic carbocycles. The number of aryl methyl sites for hydroxylation is 1. The fourth-order valence-corrected chi connectivity index (χ4v) is 4.31. The summed E-state index contributed by atoms with van der Waals surface area (Å²) in [4.78, 5) is 29.9. The topological polar surface area (TPSA) is 106 Å². The lowest BCUT2D eigenvalue weighted by Crippen LogP contribution is -2.41. The lowest BCUT2D eigenvalue weighted by molar-refractivity contribution is -0.132. The molecule has 2 atom stereocenters. The summed E-state index contributed by atoms with van der Waals surface area (Å²) in [5.74, 6) is -1.03. The molecule has 0 bridgehead atoms. The van der Waals surface area contributed by atoms with Gasteiger partial charge < -0.3 is 20.5 Å². The van der Waals surface area contributed by atoms with Gasteiger partial charge in [-0.2, -0.15) is 0 Å². The fraction of sp³-hybridized carbons (Fsp3) is 0.550. The number of carboxylic acid groups (broad SMARTS) is 1. The number of hydrogen-bond donors (Lipinski definition) is 2. The van der Waals surface area contributed by atoms with Crippen LogP contribution in [0, 0.1) is 6.92 Å². The largest absolute Gasteiger partial charge is 0.478 e. The van der Waals surface area contributed by atoms with Crippen LogP contribution in [0.5, 0.6) is 0 Å². The molecule has 7 heteroatoms. The Labute approximate surface area is 159 Å². The van der Waals surface area contributed by atoms with Crippen molar-refractivity contribution in [1.29, 1.82) is 0 Å². The summed E-state index contributed by atoms with van der Waals surface area (Å²) in [7, 11) is 0. The summed E-state index contributed by atoms with van der Waals surface area (Å²) in [5.41, 5.74) is 7.59. The second-order valence-electron chi connectivity index (χ2n) is 7.28. The van der Waals surface area contributed by atoms with Crippen LogP contribution in [0.3, 0.4) is 0 Å². The summed E-state index contributed by atoms with van der Waals surface area (Å²) in [5, 5.41) is 9.57. The number of amides is 1. The molecule has 1 aliphatic heterocycles. The number of nitrogens with zero attached hydrogens (tertiary/aromatic N) is 2. The van der Waals surface area contributed by atoms with Crippen molar-refractivity contribution in [2.24, 2.45) is 0 Å². The van der Waals surface area contributed by atoms with Crippen LogP contribution < -0.4 is 5.73 Å². The van der Waals surface area contributed by atoms with Crippen molar-refractivity contribution in [1.82, 2.24) is 9.88 Å². The number of pyridine rings is 1. The molecule has 1 aromatic rings. The van der Waals surface area contributed by atoms with Gasteiger partial charge in [-0.3, -0.25) is 9.78 Å². The van der Waals surface area contributed by atoms with Crippen LogP contribution in [-0.2, 0) is 21.6 Å². The molecule has 0 saturated carbocycles. The normalized spacial score (nSPS) is 24.1. The maximum atomic E-state index is 11.8. The summed E-state index contributed by atoms with van der Waals surface area (Å²) < 4.78 is 6.37. The van der Waals surface area contributed by atoms with Gasteiger partial charge in [0.2, 0.25) is 5.91 Å². The Hall–Kier alpha value is -2.41. The van der Waals surface area contributed by atoms with E-state index in [2.05, 4.69) is 4.98 Å². The molecule has 0 spiro atoms. The molecular weight excluding hydrogens is 346 g/mol. The highest BCUT2D eigenvalue weighted by Gasteiger charge is 2.39. The number of aromatic nitrogens is 1. The van der Waals surface area contributed by atoms with Crippen molar-refractivity contribution >= 4 is 17.6 Å². The SMILES string of the molecule is CCC1(OCC2CCCN2C(C)=O)C=CCc2nc(C)c(C(=O)O)c(N)c21. The van der Waals surface area contributed by atoms with Crippen LogP contribution in [0.2, 0.25) is 0 Å². The number of allylic oxidation sites excluding steroid dienone is 1. The monoisotopic (exact) mass is 373 g/mol. The second kappa shape index (κ2) is 7.31. The van der Waals surface area contributed by atoms with Gasteiger partial charge >= 0.3 is 5.97 Å². The summed E-state index contributed by atoms with van der Waals surface area (Å²) in [6.45, 7) is 6.36. The molecule has 2 heterocycles. The minimum absolute atomic E-state index is 0.0308. The molecule has 1 amide bonds. The highest BCUT2D eigenvalue weighted by atomic mass is 16.5. The zero-order chi connectivity index (χ0) is 19.8. The van der Waals surface area contributed by atoms with E-state index in [9.17, 15) is 14.7 Å². The van der Waals surface area contributed by atoms with E-state index in [-0.39, 0.29) is 23.2 Å². The average Bonchev–Trinajstić information content (AvgIpc) is 3.08. The number of carbonyl (C=O) groups is 2. The van der Waals surface area contributed by atoms with E-state index in [0.717, 1.165) is 25.1 Å². The first-order valence-corrected chi connectivity index (χ1v) is 9.42. The quantitative estimate of drug-likeness (QED) is 0.768. The smallest absolute Gasteiger partial charge is 0.339 e. The minimum Gasteiger partial charge on any atom is -0.478 e. The zero-order valence-corrected chi connectivity index (χ0v) is 16.1. The number of ether oxygens (including phenoxy) is 1. The molecule has 0 radical (unpaired) electrons. The third-order valence-electron chi connectivity index (χ3n) is 5.67. The van der Waals surface area contributed by atoms with Gasteiger partial charge in [0.15, 0.2) is 0 Å².